The molecule has 164 valence electrons. The molecule has 2 atom stereocenters. The van der Waals surface area contributed by atoms with Gasteiger partial charge in [0.25, 0.3) is 5.56 Å². The van der Waals surface area contributed by atoms with Gasteiger partial charge in [-0.05, 0) is 35.8 Å². The number of thioether (sulfide) groups is 1. The molecule has 0 saturated heterocycles. The van der Waals surface area contributed by atoms with E-state index in [1.165, 1.54) is 5.56 Å². The van der Waals surface area contributed by atoms with Gasteiger partial charge in [-0.25, -0.2) is 4.98 Å². The van der Waals surface area contributed by atoms with E-state index in [1.54, 1.807) is 11.8 Å². The Kier molecular flexibility index (Phi) is 5.86. The van der Waals surface area contributed by atoms with Crippen molar-refractivity contribution in [3.05, 3.63) is 62.6 Å². The van der Waals surface area contributed by atoms with Gasteiger partial charge in [0.05, 0.1) is 5.56 Å². The van der Waals surface area contributed by atoms with E-state index < -0.39 is 0 Å². The number of nitrogens with zero attached hydrogens (tertiary/aromatic N) is 1. The third-order valence-electron chi connectivity index (χ3n) is 6.31. The first-order valence-electron chi connectivity index (χ1n) is 11.2. The highest BCUT2D eigenvalue weighted by molar-refractivity contribution is 7.99. The summed E-state index contributed by atoms with van der Waals surface area (Å²) in [5.41, 5.74) is 4.10. The van der Waals surface area contributed by atoms with E-state index in [1.807, 2.05) is 0 Å². The van der Waals surface area contributed by atoms with E-state index >= 15 is 0 Å². The average Bonchev–Trinajstić information content (AvgIpc) is 2.71. The fourth-order valence-electron chi connectivity index (χ4n) is 4.50. The van der Waals surface area contributed by atoms with Gasteiger partial charge in [0.15, 0.2) is 10.9 Å². The summed E-state index contributed by atoms with van der Waals surface area (Å²) < 4.78 is 0. The molecule has 5 nitrogen and oxygen atoms in total. The van der Waals surface area contributed by atoms with Crippen molar-refractivity contribution < 1.29 is 4.79 Å². The standard InChI is InChI=1S/C25H31N3O2S/c1-6-14(3)31-24-27-22-21(23(30)28-24)19(16-10-8-15(7-2)9-11-16)20-17(26-22)12-25(4,5)13-18(20)29/h8-11,14,19H,6-7,12-13H2,1-5H3,(H2,26,27,28,30). The molecule has 4 rings (SSSR count). The number of hydrogen-bond donors (Lipinski definition) is 2. The fraction of sp³-hybridized carbons (Fsp3) is 0.480. The van der Waals surface area contributed by atoms with Crippen molar-refractivity contribution in [1.82, 2.24) is 9.97 Å². The number of nitrogens with one attached hydrogen (secondary N) is 2. The summed E-state index contributed by atoms with van der Waals surface area (Å²) in [5.74, 6) is 0.314. The number of hydrogen-bond acceptors (Lipinski definition) is 5. The van der Waals surface area contributed by atoms with Gasteiger partial charge in [-0.3, -0.25) is 9.59 Å². The van der Waals surface area contributed by atoms with Crippen molar-refractivity contribution in [3.8, 4) is 0 Å². The predicted octanol–water partition coefficient (Wildman–Crippen LogP) is 5.42. The number of carbonyl (C=O) groups excluding carboxylic acids is 1. The highest BCUT2D eigenvalue weighted by Gasteiger charge is 2.42. The summed E-state index contributed by atoms with van der Waals surface area (Å²) in [6, 6.07) is 8.28. The Morgan fingerprint density at radius 1 is 1.16 bits per heavy atom. The number of carbonyl (C=O) groups is 1. The van der Waals surface area contributed by atoms with Gasteiger partial charge in [-0.2, -0.15) is 0 Å². The van der Waals surface area contributed by atoms with E-state index in [2.05, 4.69) is 69.2 Å². The third-order valence-corrected chi connectivity index (χ3v) is 7.46. The molecule has 6 heteroatoms. The monoisotopic (exact) mass is 437 g/mol. The summed E-state index contributed by atoms with van der Waals surface area (Å²) in [7, 11) is 0. The zero-order valence-corrected chi connectivity index (χ0v) is 19.8. The van der Waals surface area contributed by atoms with Crippen molar-refractivity contribution in [3.63, 3.8) is 0 Å². The smallest absolute Gasteiger partial charge is 0.257 e. The van der Waals surface area contributed by atoms with E-state index in [9.17, 15) is 9.59 Å². The number of allylic oxidation sites excluding steroid dienone is 2. The molecule has 2 unspecified atom stereocenters. The molecule has 0 spiro atoms. The van der Waals surface area contributed by atoms with E-state index in [-0.39, 0.29) is 22.7 Å². The molecule has 1 aromatic heterocycles. The number of benzene rings is 1. The Morgan fingerprint density at radius 2 is 1.87 bits per heavy atom. The number of rotatable bonds is 5. The third kappa shape index (κ3) is 4.22. The number of anilines is 1. The zero-order chi connectivity index (χ0) is 22.3. The van der Waals surface area contributed by atoms with Gasteiger partial charge in [-0.1, -0.05) is 70.6 Å². The zero-order valence-electron chi connectivity index (χ0n) is 19.0. The van der Waals surface area contributed by atoms with Gasteiger partial charge < -0.3 is 10.3 Å². The van der Waals surface area contributed by atoms with Gasteiger partial charge in [0, 0.05) is 28.9 Å². The highest BCUT2D eigenvalue weighted by atomic mass is 32.2. The molecule has 2 aliphatic rings. The maximum Gasteiger partial charge on any atom is 0.257 e. The highest BCUT2D eigenvalue weighted by Crippen LogP contribution is 2.47. The fourth-order valence-corrected chi connectivity index (χ4v) is 5.35. The molecule has 0 saturated carbocycles. The van der Waals surface area contributed by atoms with E-state index in [0.717, 1.165) is 36.1 Å². The molecular weight excluding hydrogens is 406 g/mol. The second-order valence-corrected chi connectivity index (χ2v) is 10.9. The molecule has 0 radical (unpaired) electrons. The maximum atomic E-state index is 13.3. The number of aromatic amines is 1. The van der Waals surface area contributed by atoms with Crippen LogP contribution in [-0.4, -0.2) is 21.0 Å². The van der Waals surface area contributed by atoms with Crippen molar-refractivity contribution in [2.24, 2.45) is 5.41 Å². The molecule has 1 aliphatic carbocycles. The number of aryl methyl sites for hydroxylation is 1. The number of ketones is 1. The first-order valence-corrected chi connectivity index (χ1v) is 12.0. The first kappa shape index (κ1) is 21.9. The average molecular weight is 438 g/mol. The Bertz CT molecular complexity index is 1100. The van der Waals surface area contributed by atoms with Gasteiger partial charge in [0.2, 0.25) is 0 Å². The molecule has 31 heavy (non-hydrogen) atoms. The van der Waals surface area contributed by atoms with Crippen molar-refractivity contribution in [2.75, 3.05) is 5.32 Å². The van der Waals surface area contributed by atoms with Crippen LogP contribution in [0.5, 0.6) is 0 Å². The van der Waals surface area contributed by atoms with Crippen LogP contribution in [-0.2, 0) is 11.2 Å². The summed E-state index contributed by atoms with van der Waals surface area (Å²) in [6.45, 7) is 10.6. The topological polar surface area (TPSA) is 74.8 Å². The lowest BCUT2D eigenvalue weighted by Gasteiger charge is -2.38. The molecule has 1 aromatic carbocycles. The molecule has 0 amide bonds. The molecule has 2 N–H and O–H groups in total. The summed E-state index contributed by atoms with van der Waals surface area (Å²) in [4.78, 5) is 34.3. The quantitative estimate of drug-likeness (QED) is 0.482. The van der Waals surface area contributed by atoms with E-state index in [0.29, 0.717) is 28.2 Å². The molecule has 2 aromatic rings. The SMILES string of the molecule is CCc1ccc(C2C3=C(CC(C)(C)CC3=O)Nc3nc(SC(C)CC)[nH]c(=O)c32)cc1. The summed E-state index contributed by atoms with van der Waals surface area (Å²) in [6.07, 6.45) is 3.19. The Balaban J connectivity index is 1.89. The van der Waals surface area contributed by atoms with Gasteiger partial charge in [0.1, 0.15) is 5.82 Å². The Hall–Kier alpha value is -2.34. The van der Waals surface area contributed by atoms with Crippen LogP contribution in [0.3, 0.4) is 0 Å². The Labute approximate surface area is 188 Å². The van der Waals surface area contributed by atoms with Crippen LogP contribution in [0.2, 0.25) is 0 Å². The van der Waals surface area contributed by atoms with Gasteiger partial charge >= 0.3 is 0 Å². The molecule has 0 fully saturated rings. The molecular formula is C25H31N3O2S. The van der Waals surface area contributed by atoms with Crippen LogP contribution in [0.1, 0.15) is 76.5 Å². The lowest BCUT2D eigenvalue weighted by atomic mass is 9.69. The van der Waals surface area contributed by atoms with Crippen LogP contribution in [0.4, 0.5) is 5.82 Å². The van der Waals surface area contributed by atoms with Crippen LogP contribution >= 0.6 is 11.8 Å². The minimum atomic E-state index is -0.389. The van der Waals surface area contributed by atoms with Crippen LogP contribution in [0, 0.1) is 5.41 Å². The van der Waals surface area contributed by atoms with Crippen LogP contribution < -0.4 is 10.9 Å². The lowest BCUT2D eigenvalue weighted by Crippen LogP contribution is -2.37. The predicted molar refractivity (Wildman–Crippen MR) is 127 cm³/mol. The molecule has 1 aliphatic heterocycles. The second kappa shape index (κ2) is 8.30. The second-order valence-electron chi connectivity index (χ2n) is 9.46. The van der Waals surface area contributed by atoms with Crippen LogP contribution in [0.15, 0.2) is 45.5 Å². The minimum absolute atomic E-state index is 0.117. The molecule has 0 bridgehead atoms. The van der Waals surface area contributed by atoms with E-state index in [4.69, 9.17) is 4.98 Å². The first-order chi connectivity index (χ1) is 14.7. The normalized spacial score (nSPS) is 20.7. The number of aromatic nitrogens is 2. The number of H-pyrrole nitrogens is 1. The van der Waals surface area contributed by atoms with Crippen molar-refractivity contribution in [2.45, 2.75) is 76.6 Å². The molecule has 2 heterocycles. The maximum absolute atomic E-state index is 13.3. The largest absolute Gasteiger partial charge is 0.343 e. The summed E-state index contributed by atoms with van der Waals surface area (Å²) >= 11 is 1.57. The minimum Gasteiger partial charge on any atom is -0.343 e. The number of fused-ring (bicyclic) bond motifs is 1. The van der Waals surface area contributed by atoms with Crippen molar-refractivity contribution >= 4 is 23.4 Å². The Morgan fingerprint density at radius 3 is 2.52 bits per heavy atom. The van der Waals surface area contributed by atoms with Crippen LogP contribution in [0.25, 0.3) is 0 Å². The van der Waals surface area contributed by atoms with Gasteiger partial charge in [-0.15, -0.1) is 0 Å². The number of Topliss-reactive ketones (excluding diaryl/α,β-unsaturated/α-hetero) is 1. The lowest BCUT2D eigenvalue weighted by molar-refractivity contribution is -0.118. The van der Waals surface area contributed by atoms with Crippen molar-refractivity contribution in [1.29, 1.82) is 0 Å². The summed E-state index contributed by atoms with van der Waals surface area (Å²) in [5, 5.41) is 4.37.